The van der Waals surface area contributed by atoms with Crippen LogP contribution < -0.4 is 5.32 Å². The molecule has 1 unspecified atom stereocenters. The van der Waals surface area contributed by atoms with Crippen molar-refractivity contribution in [3.63, 3.8) is 0 Å². The van der Waals surface area contributed by atoms with Crippen molar-refractivity contribution in [1.82, 2.24) is 0 Å². The first kappa shape index (κ1) is 14.5. The number of hydrogen-bond acceptors (Lipinski definition) is 3. The Morgan fingerprint density at radius 1 is 1.39 bits per heavy atom. The number of aliphatic carboxylic acids is 2. The summed E-state index contributed by atoms with van der Waals surface area (Å²) in [6.45, 7) is 2.02. The molecule has 1 atom stereocenters. The number of anilines is 1. The normalized spacial score (nSPS) is 11.9. The van der Waals surface area contributed by atoms with Gasteiger partial charge in [-0.05, 0) is 24.6 Å². The molecule has 0 aliphatic heterocycles. The summed E-state index contributed by atoms with van der Waals surface area (Å²) in [5.41, 5.74) is 1.82. The number of rotatable bonds is 6. The Balaban J connectivity index is 2.64. The van der Waals surface area contributed by atoms with Crippen LogP contribution in [0.5, 0.6) is 0 Å². The summed E-state index contributed by atoms with van der Waals surface area (Å²) in [7, 11) is 0. The van der Waals surface area contributed by atoms with Crippen molar-refractivity contribution in [2.24, 2.45) is 5.92 Å². The molecule has 0 saturated heterocycles. The summed E-state index contributed by atoms with van der Waals surface area (Å²) in [4.78, 5) is 21.4. The largest absolute Gasteiger partial charge is 0.481 e. The van der Waals surface area contributed by atoms with Gasteiger partial charge in [-0.3, -0.25) is 9.59 Å². The van der Waals surface area contributed by atoms with Crippen molar-refractivity contribution in [2.75, 3.05) is 11.9 Å². The molecule has 1 aromatic rings. The maximum atomic E-state index is 10.9. The van der Waals surface area contributed by atoms with Gasteiger partial charge >= 0.3 is 11.9 Å². The summed E-state index contributed by atoms with van der Waals surface area (Å²) >= 11 is 3.37. The lowest BCUT2D eigenvalue weighted by atomic mass is 10.1. The SMILES string of the molecule is Cc1ccc(NCC(CC(=O)O)C(=O)O)cc1Br. The highest BCUT2D eigenvalue weighted by atomic mass is 79.9. The first-order valence-electron chi connectivity index (χ1n) is 5.34. The Labute approximate surface area is 113 Å². The maximum absolute atomic E-state index is 10.9. The second kappa shape index (κ2) is 6.39. The Morgan fingerprint density at radius 2 is 2.06 bits per heavy atom. The minimum absolute atomic E-state index is 0.0805. The molecule has 0 aliphatic carbocycles. The summed E-state index contributed by atoms with van der Waals surface area (Å²) in [5.74, 6) is -3.17. The molecule has 5 nitrogen and oxygen atoms in total. The summed E-state index contributed by atoms with van der Waals surface area (Å²) in [6, 6.07) is 5.54. The lowest BCUT2D eigenvalue weighted by molar-refractivity contribution is -0.147. The van der Waals surface area contributed by atoms with Gasteiger partial charge in [0.15, 0.2) is 0 Å². The van der Waals surface area contributed by atoms with Gasteiger partial charge in [-0.25, -0.2) is 0 Å². The van der Waals surface area contributed by atoms with E-state index in [4.69, 9.17) is 10.2 Å². The molecule has 18 heavy (non-hydrogen) atoms. The first-order chi connectivity index (χ1) is 8.40. The van der Waals surface area contributed by atoms with Gasteiger partial charge in [0.2, 0.25) is 0 Å². The van der Waals surface area contributed by atoms with E-state index in [1.807, 2.05) is 25.1 Å². The Morgan fingerprint density at radius 3 is 2.56 bits per heavy atom. The van der Waals surface area contributed by atoms with Crippen LogP contribution in [-0.2, 0) is 9.59 Å². The summed E-state index contributed by atoms with van der Waals surface area (Å²) in [5, 5.41) is 20.4. The zero-order chi connectivity index (χ0) is 13.7. The molecule has 0 saturated carbocycles. The van der Waals surface area contributed by atoms with Crippen LogP contribution in [0.2, 0.25) is 0 Å². The van der Waals surface area contributed by atoms with E-state index in [1.54, 1.807) is 0 Å². The van der Waals surface area contributed by atoms with Crippen LogP contribution in [0, 0.1) is 12.8 Å². The molecule has 1 aromatic carbocycles. The highest BCUT2D eigenvalue weighted by Crippen LogP contribution is 2.21. The summed E-state index contributed by atoms with van der Waals surface area (Å²) < 4.78 is 0.914. The zero-order valence-corrected chi connectivity index (χ0v) is 11.4. The zero-order valence-electron chi connectivity index (χ0n) is 9.81. The number of carboxylic acid groups (broad SMARTS) is 2. The van der Waals surface area contributed by atoms with Crippen LogP contribution in [0.4, 0.5) is 5.69 Å². The molecular formula is C12H14BrNO4. The molecular weight excluding hydrogens is 302 g/mol. The van der Waals surface area contributed by atoms with E-state index in [-0.39, 0.29) is 6.54 Å². The number of nitrogens with one attached hydrogen (secondary N) is 1. The molecule has 0 amide bonds. The van der Waals surface area contributed by atoms with E-state index < -0.39 is 24.3 Å². The van der Waals surface area contributed by atoms with Gasteiger partial charge in [-0.15, -0.1) is 0 Å². The van der Waals surface area contributed by atoms with Crippen LogP contribution in [0.3, 0.4) is 0 Å². The highest BCUT2D eigenvalue weighted by Gasteiger charge is 2.20. The van der Waals surface area contributed by atoms with Crippen molar-refractivity contribution in [3.05, 3.63) is 28.2 Å². The first-order valence-corrected chi connectivity index (χ1v) is 6.14. The van der Waals surface area contributed by atoms with E-state index in [0.29, 0.717) is 0 Å². The lowest BCUT2D eigenvalue weighted by Crippen LogP contribution is -2.25. The van der Waals surface area contributed by atoms with Gasteiger partial charge in [0.25, 0.3) is 0 Å². The number of benzene rings is 1. The second-order valence-electron chi connectivity index (χ2n) is 3.98. The third kappa shape index (κ3) is 4.37. The molecule has 0 bridgehead atoms. The predicted molar refractivity (Wildman–Crippen MR) is 70.7 cm³/mol. The smallest absolute Gasteiger partial charge is 0.308 e. The average molecular weight is 316 g/mol. The topological polar surface area (TPSA) is 86.6 Å². The average Bonchev–Trinajstić information content (AvgIpc) is 2.28. The minimum Gasteiger partial charge on any atom is -0.481 e. The number of hydrogen-bond donors (Lipinski definition) is 3. The highest BCUT2D eigenvalue weighted by molar-refractivity contribution is 9.10. The predicted octanol–water partition coefficient (Wildman–Crippen LogP) is 2.34. The van der Waals surface area contributed by atoms with Crippen molar-refractivity contribution in [3.8, 4) is 0 Å². The molecule has 3 N–H and O–H groups in total. The molecule has 98 valence electrons. The summed E-state index contributed by atoms with van der Waals surface area (Å²) in [6.07, 6.45) is -0.393. The van der Waals surface area contributed by atoms with Crippen molar-refractivity contribution >= 4 is 33.6 Å². The van der Waals surface area contributed by atoms with Gasteiger partial charge < -0.3 is 15.5 Å². The van der Waals surface area contributed by atoms with Crippen LogP contribution in [-0.4, -0.2) is 28.7 Å². The molecule has 6 heteroatoms. The lowest BCUT2D eigenvalue weighted by Gasteiger charge is -2.13. The maximum Gasteiger partial charge on any atom is 0.308 e. The van der Waals surface area contributed by atoms with Gasteiger partial charge in [0, 0.05) is 16.7 Å². The minimum atomic E-state index is -1.12. The number of carbonyl (C=O) groups is 2. The van der Waals surface area contributed by atoms with Crippen LogP contribution >= 0.6 is 15.9 Å². The number of aryl methyl sites for hydroxylation is 1. The van der Waals surface area contributed by atoms with Gasteiger partial charge in [-0.1, -0.05) is 22.0 Å². The van der Waals surface area contributed by atoms with Gasteiger partial charge in [-0.2, -0.15) is 0 Å². The van der Waals surface area contributed by atoms with Gasteiger partial charge in [0.1, 0.15) is 0 Å². The van der Waals surface area contributed by atoms with Crippen LogP contribution in [0.1, 0.15) is 12.0 Å². The Bertz CT molecular complexity index is 461. The van der Waals surface area contributed by atoms with Crippen LogP contribution in [0.25, 0.3) is 0 Å². The van der Waals surface area contributed by atoms with Gasteiger partial charge in [0.05, 0.1) is 12.3 Å². The van der Waals surface area contributed by atoms with E-state index >= 15 is 0 Å². The van der Waals surface area contributed by atoms with E-state index in [2.05, 4.69) is 21.2 Å². The van der Waals surface area contributed by atoms with E-state index in [1.165, 1.54) is 0 Å². The molecule has 0 fully saturated rings. The standard InChI is InChI=1S/C12H14BrNO4/c1-7-2-3-9(5-10(7)13)14-6-8(12(17)18)4-11(15)16/h2-3,5,8,14H,4,6H2,1H3,(H,15,16)(H,17,18). The van der Waals surface area contributed by atoms with E-state index in [0.717, 1.165) is 15.7 Å². The molecule has 0 radical (unpaired) electrons. The molecule has 0 aliphatic rings. The Kier molecular flexibility index (Phi) is 5.15. The molecule has 0 aromatic heterocycles. The van der Waals surface area contributed by atoms with Crippen LogP contribution in [0.15, 0.2) is 22.7 Å². The Hall–Kier alpha value is -1.56. The number of halogens is 1. The van der Waals surface area contributed by atoms with E-state index in [9.17, 15) is 9.59 Å². The number of carboxylic acids is 2. The fraction of sp³-hybridized carbons (Fsp3) is 0.333. The fourth-order valence-electron chi connectivity index (χ4n) is 1.40. The fourth-order valence-corrected chi connectivity index (χ4v) is 1.78. The monoisotopic (exact) mass is 315 g/mol. The molecule has 0 heterocycles. The van der Waals surface area contributed by atoms with Crippen molar-refractivity contribution < 1.29 is 19.8 Å². The second-order valence-corrected chi connectivity index (χ2v) is 4.83. The van der Waals surface area contributed by atoms with Crippen molar-refractivity contribution in [2.45, 2.75) is 13.3 Å². The molecule has 1 rings (SSSR count). The molecule has 0 spiro atoms. The third-order valence-corrected chi connectivity index (χ3v) is 3.35. The van der Waals surface area contributed by atoms with Crippen molar-refractivity contribution in [1.29, 1.82) is 0 Å². The quantitative estimate of drug-likeness (QED) is 0.750. The third-order valence-electron chi connectivity index (χ3n) is 2.49.